The second kappa shape index (κ2) is 7.75. The highest BCUT2D eigenvalue weighted by atomic mass is 32.1. The standard InChI is InChI=1S/C21H26N4O2S/c1-5-13-6-8-14(9-7-13)23-19(26)18-12(2)17-15(24-25-20(22)28)10-21(3,4)11-16(17)27-18/h6-9H,5,10-11H2,1-4H3,(H,23,26)(H3,22,25,28)/b24-15-. The van der Waals surface area contributed by atoms with E-state index in [1.807, 2.05) is 31.2 Å². The molecule has 1 aromatic heterocycles. The van der Waals surface area contributed by atoms with Gasteiger partial charge in [0.05, 0.1) is 5.71 Å². The van der Waals surface area contributed by atoms with Gasteiger partial charge in [-0.05, 0) is 55.1 Å². The van der Waals surface area contributed by atoms with E-state index in [9.17, 15) is 4.79 Å². The van der Waals surface area contributed by atoms with Crippen molar-refractivity contribution in [3.8, 4) is 0 Å². The summed E-state index contributed by atoms with van der Waals surface area (Å²) in [5.41, 5.74) is 12.5. The van der Waals surface area contributed by atoms with E-state index in [1.54, 1.807) is 0 Å². The van der Waals surface area contributed by atoms with Gasteiger partial charge in [0, 0.05) is 23.2 Å². The molecular formula is C21H26N4O2S. The number of anilines is 1. The number of carbonyl (C=O) groups excluding carboxylic acids is 1. The zero-order chi connectivity index (χ0) is 20.5. The Labute approximate surface area is 170 Å². The first-order valence-electron chi connectivity index (χ1n) is 9.35. The number of benzene rings is 1. The number of furan rings is 1. The Bertz CT molecular complexity index is 942. The normalized spacial score (nSPS) is 16.5. The number of carbonyl (C=O) groups is 1. The molecule has 3 rings (SSSR count). The minimum atomic E-state index is -0.268. The predicted molar refractivity (Wildman–Crippen MR) is 116 cm³/mol. The van der Waals surface area contributed by atoms with E-state index in [1.165, 1.54) is 5.56 Å². The first-order valence-corrected chi connectivity index (χ1v) is 9.76. The Morgan fingerprint density at radius 1 is 1.29 bits per heavy atom. The molecule has 0 saturated heterocycles. The number of hydrogen-bond acceptors (Lipinski definition) is 4. The molecule has 4 N–H and O–H groups in total. The van der Waals surface area contributed by atoms with Crippen LogP contribution in [0, 0.1) is 12.3 Å². The van der Waals surface area contributed by atoms with Crippen molar-refractivity contribution in [3.05, 3.63) is 52.5 Å². The van der Waals surface area contributed by atoms with Crippen LogP contribution in [0.15, 0.2) is 33.8 Å². The molecule has 0 bridgehead atoms. The molecule has 0 spiro atoms. The van der Waals surface area contributed by atoms with E-state index in [2.05, 4.69) is 36.6 Å². The van der Waals surface area contributed by atoms with E-state index in [4.69, 9.17) is 22.4 Å². The monoisotopic (exact) mass is 398 g/mol. The Kier molecular flexibility index (Phi) is 5.56. The minimum absolute atomic E-state index is 0.0439. The summed E-state index contributed by atoms with van der Waals surface area (Å²) in [6, 6.07) is 7.81. The number of amides is 1. The van der Waals surface area contributed by atoms with Crippen molar-refractivity contribution < 1.29 is 9.21 Å². The van der Waals surface area contributed by atoms with Gasteiger partial charge in [-0.25, -0.2) is 0 Å². The van der Waals surface area contributed by atoms with Crippen LogP contribution in [0.25, 0.3) is 0 Å². The highest BCUT2D eigenvalue weighted by molar-refractivity contribution is 7.80. The fraction of sp³-hybridized carbons (Fsp3) is 0.381. The topological polar surface area (TPSA) is 92.6 Å². The van der Waals surface area contributed by atoms with E-state index in [-0.39, 0.29) is 16.4 Å². The van der Waals surface area contributed by atoms with Crippen LogP contribution in [0.5, 0.6) is 0 Å². The number of thiocarbonyl (C=S) groups is 1. The van der Waals surface area contributed by atoms with Crippen molar-refractivity contribution in [3.63, 3.8) is 0 Å². The average Bonchev–Trinajstić information content (AvgIpc) is 2.95. The van der Waals surface area contributed by atoms with E-state index >= 15 is 0 Å². The largest absolute Gasteiger partial charge is 0.455 e. The summed E-state index contributed by atoms with van der Waals surface area (Å²) in [7, 11) is 0. The van der Waals surface area contributed by atoms with Crippen molar-refractivity contribution in [2.24, 2.45) is 16.3 Å². The molecule has 1 heterocycles. The lowest BCUT2D eigenvalue weighted by Gasteiger charge is -2.29. The third-order valence-electron chi connectivity index (χ3n) is 4.92. The van der Waals surface area contributed by atoms with Crippen LogP contribution in [0.3, 0.4) is 0 Å². The Morgan fingerprint density at radius 2 is 1.96 bits per heavy atom. The maximum atomic E-state index is 12.8. The summed E-state index contributed by atoms with van der Waals surface area (Å²) >= 11 is 4.86. The van der Waals surface area contributed by atoms with Gasteiger partial charge in [-0.2, -0.15) is 5.10 Å². The van der Waals surface area contributed by atoms with Gasteiger partial charge in [-0.1, -0.05) is 32.9 Å². The summed E-state index contributed by atoms with van der Waals surface area (Å²) in [6.45, 7) is 8.25. The lowest BCUT2D eigenvalue weighted by molar-refractivity contribution is 0.0993. The van der Waals surface area contributed by atoms with Gasteiger partial charge in [-0.15, -0.1) is 0 Å². The van der Waals surface area contributed by atoms with Crippen LogP contribution >= 0.6 is 12.2 Å². The zero-order valence-corrected chi connectivity index (χ0v) is 17.5. The number of hydrazone groups is 1. The number of rotatable bonds is 4. The van der Waals surface area contributed by atoms with Crippen LogP contribution in [0.1, 0.15) is 60.2 Å². The molecule has 2 aromatic rings. The summed E-state index contributed by atoms with van der Waals surface area (Å²) in [6.07, 6.45) is 2.42. The molecule has 7 heteroatoms. The molecule has 1 aliphatic carbocycles. The van der Waals surface area contributed by atoms with Crippen LogP contribution in [-0.2, 0) is 12.8 Å². The second-order valence-electron chi connectivity index (χ2n) is 7.91. The Balaban J connectivity index is 1.92. The van der Waals surface area contributed by atoms with E-state index < -0.39 is 0 Å². The highest BCUT2D eigenvalue weighted by Crippen LogP contribution is 2.39. The van der Waals surface area contributed by atoms with E-state index in [0.717, 1.165) is 47.5 Å². The van der Waals surface area contributed by atoms with Crippen LogP contribution in [-0.4, -0.2) is 16.7 Å². The average molecular weight is 399 g/mol. The smallest absolute Gasteiger partial charge is 0.291 e. The summed E-state index contributed by atoms with van der Waals surface area (Å²) in [5.74, 6) is 0.810. The lowest BCUT2D eigenvalue weighted by Crippen LogP contribution is -2.31. The third-order valence-corrected chi connectivity index (χ3v) is 5.01. The minimum Gasteiger partial charge on any atom is -0.455 e. The van der Waals surface area contributed by atoms with Crippen molar-refractivity contribution in [2.75, 3.05) is 5.32 Å². The molecule has 0 saturated carbocycles. The summed E-state index contributed by atoms with van der Waals surface area (Å²) in [4.78, 5) is 12.8. The van der Waals surface area contributed by atoms with Gasteiger partial charge in [-0.3, -0.25) is 10.2 Å². The maximum absolute atomic E-state index is 12.8. The highest BCUT2D eigenvalue weighted by Gasteiger charge is 2.36. The molecule has 148 valence electrons. The van der Waals surface area contributed by atoms with Gasteiger partial charge in [0.2, 0.25) is 0 Å². The molecule has 1 aliphatic rings. The quantitative estimate of drug-likeness (QED) is 0.536. The van der Waals surface area contributed by atoms with Crippen molar-refractivity contribution >= 4 is 34.6 Å². The van der Waals surface area contributed by atoms with Crippen LogP contribution in [0.4, 0.5) is 5.69 Å². The van der Waals surface area contributed by atoms with Crippen molar-refractivity contribution in [2.45, 2.75) is 47.0 Å². The van der Waals surface area contributed by atoms with Gasteiger partial charge in [0.25, 0.3) is 5.91 Å². The predicted octanol–water partition coefficient (Wildman–Crippen LogP) is 3.91. The number of nitrogens with one attached hydrogen (secondary N) is 2. The summed E-state index contributed by atoms with van der Waals surface area (Å²) in [5, 5.41) is 7.39. The molecule has 0 radical (unpaired) electrons. The Morgan fingerprint density at radius 3 is 2.57 bits per heavy atom. The third kappa shape index (κ3) is 4.25. The van der Waals surface area contributed by atoms with Crippen LogP contribution < -0.4 is 16.5 Å². The van der Waals surface area contributed by atoms with Gasteiger partial charge >= 0.3 is 0 Å². The lowest BCUT2D eigenvalue weighted by atomic mass is 9.75. The first-order chi connectivity index (χ1) is 13.2. The van der Waals surface area contributed by atoms with Crippen molar-refractivity contribution in [1.29, 1.82) is 0 Å². The molecule has 28 heavy (non-hydrogen) atoms. The fourth-order valence-electron chi connectivity index (χ4n) is 3.56. The number of hydrogen-bond donors (Lipinski definition) is 3. The van der Waals surface area contributed by atoms with Crippen LogP contribution in [0.2, 0.25) is 0 Å². The molecule has 0 fully saturated rings. The number of nitrogens with zero attached hydrogens (tertiary/aromatic N) is 1. The first kappa shape index (κ1) is 20.1. The maximum Gasteiger partial charge on any atom is 0.291 e. The number of aryl methyl sites for hydroxylation is 1. The SMILES string of the molecule is CCc1ccc(NC(=O)c2oc3c(c2C)/C(=N\NC(N)=S)CC(C)(C)C3)cc1. The van der Waals surface area contributed by atoms with E-state index in [0.29, 0.717) is 5.76 Å². The molecule has 1 amide bonds. The summed E-state index contributed by atoms with van der Waals surface area (Å²) < 4.78 is 6.00. The molecule has 6 nitrogen and oxygen atoms in total. The molecular weight excluding hydrogens is 372 g/mol. The van der Waals surface area contributed by atoms with Gasteiger partial charge in [0.15, 0.2) is 10.9 Å². The number of fused-ring (bicyclic) bond motifs is 1. The fourth-order valence-corrected chi connectivity index (χ4v) is 3.61. The zero-order valence-electron chi connectivity index (χ0n) is 16.7. The molecule has 0 atom stereocenters. The van der Waals surface area contributed by atoms with Crippen molar-refractivity contribution in [1.82, 2.24) is 5.43 Å². The Hall–Kier alpha value is -2.67. The molecule has 0 unspecified atom stereocenters. The second-order valence-corrected chi connectivity index (χ2v) is 8.35. The molecule has 1 aromatic carbocycles. The number of nitrogens with two attached hydrogens (primary N) is 1. The molecule has 0 aliphatic heterocycles. The van der Waals surface area contributed by atoms with Gasteiger partial charge < -0.3 is 15.5 Å². The van der Waals surface area contributed by atoms with Gasteiger partial charge in [0.1, 0.15) is 5.76 Å².